The van der Waals surface area contributed by atoms with Gasteiger partial charge in [0.25, 0.3) is 0 Å². The molecule has 1 amide bonds. The Balaban J connectivity index is 1.71. The monoisotopic (exact) mass is 361 g/mol. The normalized spacial score (nSPS) is 23.2. The van der Waals surface area contributed by atoms with Crippen molar-refractivity contribution in [1.29, 1.82) is 0 Å². The van der Waals surface area contributed by atoms with Crippen molar-refractivity contribution in [2.45, 2.75) is 31.3 Å². The highest BCUT2D eigenvalue weighted by molar-refractivity contribution is 5.88. The molecule has 2 saturated heterocycles. The van der Waals surface area contributed by atoms with E-state index in [2.05, 4.69) is 10.7 Å². The maximum Gasteiger partial charge on any atom is 0.336 e. The van der Waals surface area contributed by atoms with E-state index >= 15 is 0 Å². The number of esters is 1. The molecule has 2 heterocycles. The highest BCUT2D eigenvalue weighted by atomic mass is 16.6. The molecular weight excluding hydrogens is 334 g/mol. The van der Waals surface area contributed by atoms with Crippen molar-refractivity contribution in [1.82, 2.24) is 15.8 Å². The van der Waals surface area contributed by atoms with Gasteiger partial charge >= 0.3 is 5.97 Å². The second-order valence-electron chi connectivity index (χ2n) is 6.70. The highest BCUT2D eigenvalue weighted by Crippen LogP contribution is 2.33. The third-order valence-electron chi connectivity index (χ3n) is 5.09. The Bertz CT molecular complexity index is 616. The minimum Gasteiger partial charge on any atom is -0.464 e. The van der Waals surface area contributed by atoms with Gasteiger partial charge in [-0.05, 0) is 38.4 Å². The molecule has 3 rings (SSSR count). The number of amides is 1. The Morgan fingerprint density at radius 2 is 2.04 bits per heavy atom. The average Bonchev–Trinajstić information content (AvgIpc) is 2.69. The predicted molar refractivity (Wildman–Crippen MR) is 96.3 cm³/mol. The lowest BCUT2D eigenvalue weighted by Gasteiger charge is -2.39. The number of ether oxygens (including phenoxy) is 2. The van der Waals surface area contributed by atoms with Crippen LogP contribution in [0.25, 0.3) is 0 Å². The topological polar surface area (TPSA) is 79.9 Å². The largest absolute Gasteiger partial charge is 0.464 e. The minimum absolute atomic E-state index is 0.0188. The summed E-state index contributed by atoms with van der Waals surface area (Å²) >= 11 is 0. The fourth-order valence-electron chi connectivity index (χ4n) is 3.64. The van der Waals surface area contributed by atoms with E-state index in [1.165, 1.54) is 0 Å². The lowest BCUT2D eigenvalue weighted by atomic mass is 9.72. The molecule has 0 bridgehead atoms. The zero-order chi connectivity index (χ0) is 18.4. The summed E-state index contributed by atoms with van der Waals surface area (Å²) in [6.45, 7) is 4.91. The first-order chi connectivity index (χ1) is 12.7. The van der Waals surface area contributed by atoms with Crippen LogP contribution < -0.4 is 10.7 Å². The van der Waals surface area contributed by atoms with E-state index in [1.807, 2.05) is 30.3 Å². The average molecular weight is 361 g/mol. The van der Waals surface area contributed by atoms with Gasteiger partial charge in [0.2, 0.25) is 5.91 Å². The minimum atomic E-state index is -0.662. The van der Waals surface area contributed by atoms with Crippen molar-refractivity contribution in [3.8, 4) is 0 Å². The standard InChI is InChI=1S/C19H27N3O4/c1-2-25-17(23)16-14-22(12-13-26-16)21-18(24)19(8-10-20-11-9-19)15-6-4-3-5-7-15/h3-7,16,20H,2,8-14H2,1H3,(H,21,24). The molecule has 0 aromatic heterocycles. The second kappa shape index (κ2) is 8.62. The lowest BCUT2D eigenvalue weighted by Crippen LogP contribution is -2.59. The van der Waals surface area contributed by atoms with Gasteiger partial charge in [-0.25, -0.2) is 9.80 Å². The number of carbonyl (C=O) groups is 2. The van der Waals surface area contributed by atoms with E-state index in [4.69, 9.17) is 9.47 Å². The summed E-state index contributed by atoms with van der Waals surface area (Å²) in [7, 11) is 0. The summed E-state index contributed by atoms with van der Waals surface area (Å²) < 4.78 is 10.5. The molecular formula is C19H27N3O4. The number of hydrazine groups is 1. The number of benzene rings is 1. The molecule has 7 nitrogen and oxygen atoms in total. The van der Waals surface area contributed by atoms with Gasteiger partial charge in [-0.3, -0.25) is 10.2 Å². The third kappa shape index (κ3) is 4.06. The molecule has 0 saturated carbocycles. The number of hydrogen-bond donors (Lipinski definition) is 2. The molecule has 1 atom stereocenters. The number of hydrogen-bond acceptors (Lipinski definition) is 6. The molecule has 0 aliphatic carbocycles. The third-order valence-corrected chi connectivity index (χ3v) is 5.09. The Labute approximate surface area is 154 Å². The van der Waals surface area contributed by atoms with Crippen LogP contribution in [0.15, 0.2) is 30.3 Å². The molecule has 2 fully saturated rings. The number of rotatable bonds is 5. The SMILES string of the molecule is CCOC(=O)C1CN(NC(=O)C2(c3ccccc3)CCNCC2)CCO1. The molecule has 142 valence electrons. The molecule has 1 aromatic rings. The van der Waals surface area contributed by atoms with E-state index in [9.17, 15) is 9.59 Å². The van der Waals surface area contributed by atoms with Crippen molar-refractivity contribution < 1.29 is 19.1 Å². The zero-order valence-corrected chi connectivity index (χ0v) is 15.2. The van der Waals surface area contributed by atoms with Crippen molar-refractivity contribution in [3.05, 3.63) is 35.9 Å². The second-order valence-corrected chi connectivity index (χ2v) is 6.70. The van der Waals surface area contributed by atoms with Gasteiger partial charge in [0.05, 0.1) is 25.2 Å². The van der Waals surface area contributed by atoms with Gasteiger partial charge in [-0.1, -0.05) is 30.3 Å². The fraction of sp³-hybridized carbons (Fsp3) is 0.579. The van der Waals surface area contributed by atoms with Crippen molar-refractivity contribution in [3.63, 3.8) is 0 Å². The first-order valence-electron chi connectivity index (χ1n) is 9.26. The van der Waals surface area contributed by atoms with Crippen molar-refractivity contribution in [2.75, 3.05) is 39.4 Å². The van der Waals surface area contributed by atoms with Crippen LogP contribution >= 0.6 is 0 Å². The van der Waals surface area contributed by atoms with Gasteiger partial charge < -0.3 is 14.8 Å². The summed E-state index contributed by atoms with van der Waals surface area (Å²) in [6.07, 6.45) is 0.827. The Hall–Kier alpha value is -1.96. The summed E-state index contributed by atoms with van der Waals surface area (Å²) in [6, 6.07) is 9.94. The number of nitrogens with one attached hydrogen (secondary N) is 2. The zero-order valence-electron chi connectivity index (χ0n) is 15.2. The smallest absolute Gasteiger partial charge is 0.336 e. The quantitative estimate of drug-likeness (QED) is 0.748. The first-order valence-corrected chi connectivity index (χ1v) is 9.26. The Morgan fingerprint density at radius 3 is 2.73 bits per heavy atom. The fourth-order valence-corrected chi connectivity index (χ4v) is 3.64. The Morgan fingerprint density at radius 1 is 1.31 bits per heavy atom. The summed E-state index contributed by atoms with van der Waals surface area (Å²) in [5, 5.41) is 5.11. The predicted octanol–water partition coefficient (Wildman–Crippen LogP) is 0.603. The molecule has 1 unspecified atom stereocenters. The molecule has 2 N–H and O–H groups in total. The van der Waals surface area contributed by atoms with Gasteiger partial charge in [-0.2, -0.15) is 0 Å². The van der Waals surface area contributed by atoms with Crippen LogP contribution in [-0.4, -0.2) is 62.4 Å². The van der Waals surface area contributed by atoms with Crippen LogP contribution in [0.1, 0.15) is 25.3 Å². The van der Waals surface area contributed by atoms with E-state index in [0.717, 1.165) is 31.5 Å². The number of piperidine rings is 1. The van der Waals surface area contributed by atoms with E-state index in [-0.39, 0.29) is 11.9 Å². The van der Waals surface area contributed by atoms with Gasteiger partial charge in [0.1, 0.15) is 0 Å². The van der Waals surface area contributed by atoms with Gasteiger partial charge in [0, 0.05) is 6.54 Å². The van der Waals surface area contributed by atoms with Crippen LogP contribution in [0.2, 0.25) is 0 Å². The molecule has 2 aliphatic heterocycles. The number of nitrogens with zero attached hydrogens (tertiary/aromatic N) is 1. The van der Waals surface area contributed by atoms with E-state index in [1.54, 1.807) is 11.9 Å². The van der Waals surface area contributed by atoms with Crippen molar-refractivity contribution >= 4 is 11.9 Å². The lowest BCUT2D eigenvalue weighted by molar-refractivity contribution is -0.165. The molecule has 0 spiro atoms. The maximum atomic E-state index is 13.3. The van der Waals surface area contributed by atoms with Gasteiger partial charge in [0.15, 0.2) is 6.10 Å². The Kier molecular flexibility index (Phi) is 6.24. The van der Waals surface area contributed by atoms with Crippen LogP contribution in [0.3, 0.4) is 0 Å². The van der Waals surface area contributed by atoms with E-state index < -0.39 is 11.5 Å². The summed E-state index contributed by atoms with van der Waals surface area (Å²) in [4.78, 5) is 25.2. The summed E-state index contributed by atoms with van der Waals surface area (Å²) in [5.41, 5.74) is 3.52. The number of morpholine rings is 1. The first kappa shape index (κ1) is 18.8. The molecule has 0 radical (unpaired) electrons. The molecule has 2 aliphatic rings. The van der Waals surface area contributed by atoms with Crippen LogP contribution in [-0.2, 0) is 24.5 Å². The number of carbonyl (C=O) groups excluding carboxylic acids is 2. The van der Waals surface area contributed by atoms with Crippen molar-refractivity contribution in [2.24, 2.45) is 0 Å². The molecule has 7 heteroatoms. The summed E-state index contributed by atoms with van der Waals surface area (Å²) in [5.74, 6) is -0.402. The molecule has 1 aromatic carbocycles. The van der Waals surface area contributed by atoms with Crippen LogP contribution in [0, 0.1) is 0 Å². The maximum absolute atomic E-state index is 13.3. The van der Waals surface area contributed by atoms with Crippen LogP contribution in [0.4, 0.5) is 0 Å². The van der Waals surface area contributed by atoms with Gasteiger partial charge in [-0.15, -0.1) is 0 Å². The highest BCUT2D eigenvalue weighted by Gasteiger charge is 2.42. The molecule has 26 heavy (non-hydrogen) atoms. The van der Waals surface area contributed by atoms with E-state index in [0.29, 0.717) is 26.3 Å². The van der Waals surface area contributed by atoms with Crippen LogP contribution in [0.5, 0.6) is 0 Å².